The van der Waals surface area contributed by atoms with Crippen molar-refractivity contribution in [1.82, 2.24) is 15.1 Å². The van der Waals surface area contributed by atoms with Crippen molar-refractivity contribution in [2.24, 2.45) is 0 Å². The largest absolute Gasteiger partial charge is 0.484 e. The number of aryl methyl sites for hydroxylation is 1. The molecule has 0 fully saturated rings. The Hall–Kier alpha value is -4.00. The molecule has 0 saturated heterocycles. The van der Waals surface area contributed by atoms with Crippen LogP contribution < -0.4 is 10.1 Å². The van der Waals surface area contributed by atoms with Gasteiger partial charge in [-0.15, -0.1) is 0 Å². The van der Waals surface area contributed by atoms with Crippen LogP contribution in [0.1, 0.15) is 5.56 Å². The molecular formula is C22H18N4O3. The van der Waals surface area contributed by atoms with Gasteiger partial charge in [0, 0.05) is 18.0 Å². The number of rotatable bonds is 6. The molecule has 0 radical (unpaired) electrons. The molecule has 0 spiro atoms. The topological polar surface area (TPSA) is 90.1 Å². The van der Waals surface area contributed by atoms with Crippen LogP contribution in [0.3, 0.4) is 0 Å². The third kappa shape index (κ3) is 4.47. The van der Waals surface area contributed by atoms with E-state index in [0.29, 0.717) is 28.7 Å². The summed E-state index contributed by atoms with van der Waals surface area (Å²) in [5.74, 6) is 1.09. The van der Waals surface area contributed by atoms with Gasteiger partial charge in [0.1, 0.15) is 5.75 Å². The van der Waals surface area contributed by atoms with Crippen molar-refractivity contribution < 1.29 is 14.1 Å². The Balaban J connectivity index is 1.48. The fraction of sp³-hybridized carbons (Fsp3) is 0.0909. The van der Waals surface area contributed by atoms with Gasteiger partial charge >= 0.3 is 0 Å². The van der Waals surface area contributed by atoms with Gasteiger partial charge in [-0.3, -0.25) is 9.78 Å². The van der Waals surface area contributed by atoms with E-state index in [9.17, 15) is 4.79 Å². The second-order valence-electron chi connectivity index (χ2n) is 6.36. The van der Waals surface area contributed by atoms with Crippen molar-refractivity contribution in [3.05, 3.63) is 78.6 Å². The number of anilines is 1. The van der Waals surface area contributed by atoms with E-state index in [1.54, 1.807) is 30.6 Å². The third-order valence-electron chi connectivity index (χ3n) is 4.14. The van der Waals surface area contributed by atoms with Crippen molar-refractivity contribution in [1.29, 1.82) is 0 Å². The summed E-state index contributed by atoms with van der Waals surface area (Å²) in [4.78, 5) is 20.8. The number of nitrogens with zero attached hydrogens (tertiary/aromatic N) is 3. The fourth-order valence-corrected chi connectivity index (χ4v) is 2.76. The number of para-hydroxylation sites is 1. The Morgan fingerprint density at radius 3 is 2.83 bits per heavy atom. The lowest BCUT2D eigenvalue weighted by molar-refractivity contribution is -0.118. The summed E-state index contributed by atoms with van der Waals surface area (Å²) in [5, 5.41) is 6.84. The predicted octanol–water partition coefficient (Wildman–Crippen LogP) is 4.12. The molecule has 2 heterocycles. The van der Waals surface area contributed by atoms with Gasteiger partial charge < -0.3 is 14.6 Å². The molecule has 2 aromatic carbocycles. The van der Waals surface area contributed by atoms with Crippen LogP contribution in [-0.2, 0) is 4.79 Å². The molecule has 0 aliphatic carbocycles. The van der Waals surface area contributed by atoms with E-state index in [2.05, 4.69) is 20.4 Å². The van der Waals surface area contributed by atoms with E-state index in [4.69, 9.17) is 9.26 Å². The highest BCUT2D eigenvalue weighted by atomic mass is 16.5. The van der Waals surface area contributed by atoms with Crippen molar-refractivity contribution >= 4 is 11.6 Å². The number of hydrogen-bond donors (Lipinski definition) is 1. The third-order valence-corrected chi connectivity index (χ3v) is 4.14. The van der Waals surface area contributed by atoms with E-state index in [1.165, 1.54) is 0 Å². The van der Waals surface area contributed by atoms with Gasteiger partial charge in [-0.25, -0.2) is 0 Å². The number of carbonyl (C=O) groups excluding carboxylic acids is 1. The first-order valence-corrected chi connectivity index (χ1v) is 9.02. The molecule has 7 heteroatoms. The van der Waals surface area contributed by atoms with Crippen molar-refractivity contribution in [3.63, 3.8) is 0 Å². The van der Waals surface area contributed by atoms with Gasteiger partial charge in [-0.2, -0.15) is 4.98 Å². The van der Waals surface area contributed by atoms with Gasteiger partial charge in [0.15, 0.2) is 6.61 Å². The van der Waals surface area contributed by atoms with Crippen LogP contribution in [0.25, 0.3) is 22.8 Å². The minimum atomic E-state index is -0.286. The summed E-state index contributed by atoms with van der Waals surface area (Å²) in [6, 6.07) is 18.4. The highest BCUT2D eigenvalue weighted by Crippen LogP contribution is 2.28. The van der Waals surface area contributed by atoms with E-state index in [-0.39, 0.29) is 12.5 Å². The van der Waals surface area contributed by atoms with Gasteiger partial charge in [0.2, 0.25) is 5.82 Å². The van der Waals surface area contributed by atoms with Crippen LogP contribution in [-0.4, -0.2) is 27.6 Å². The summed E-state index contributed by atoms with van der Waals surface area (Å²) in [6.45, 7) is 1.86. The summed E-state index contributed by atoms with van der Waals surface area (Å²) < 4.78 is 11.0. The SMILES string of the molecule is Cc1cccc(OCC(=O)Nc2ccccc2-c2nc(-c3cccnc3)no2)c1. The maximum Gasteiger partial charge on any atom is 0.262 e. The molecule has 4 aromatic rings. The summed E-state index contributed by atoms with van der Waals surface area (Å²) in [7, 11) is 0. The number of carbonyl (C=O) groups is 1. The Morgan fingerprint density at radius 2 is 2.00 bits per heavy atom. The fourth-order valence-electron chi connectivity index (χ4n) is 2.76. The molecule has 0 aliphatic heterocycles. The Bertz CT molecular complexity index is 1130. The van der Waals surface area contributed by atoms with Gasteiger partial charge in [-0.1, -0.05) is 29.4 Å². The van der Waals surface area contributed by atoms with E-state index in [0.717, 1.165) is 11.1 Å². The average molecular weight is 386 g/mol. The number of ether oxygens (including phenoxy) is 1. The zero-order chi connectivity index (χ0) is 20.1. The monoisotopic (exact) mass is 386 g/mol. The quantitative estimate of drug-likeness (QED) is 0.536. The lowest BCUT2D eigenvalue weighted by atomic mass is 10.1. The van der Waals surface area contributed by atoms with Crippen molar-refractivity contribution in [2.75, 3.05) is 11.9 Å². The minimum absolute atomic E-state index is 0.109. The van der Waals surface area contributed by atoms with Crippen LogP contribution in [0.4, 0.5) is 5.69 Å². The maximum absolute atomic E-state index is 12.4. The Kier molecular flexibility index (Phi) is 5.29. The molecule has 0 aliphatic rings. The molecule has 4 rings (SSSR count). The number of aromatic nitrogens is 3. The zero-order valence-electron chi connectivity index (χ0n) is 15.7. The Labute approximate surface area is 167 Å². The summed E-state index contributed by atoms with van der Waals surface area (Å²) in [6.07, 6.45) is 3.33. The maximum atomic E-state index is 12.4. The van der Waals surface area contributed by atoms with Crippen LogP contribution in [0, 0.1) is 6.92 Å². The van der Waals surface area contributed by atoms with E-state index < -0.39 is 0 Å². The van der Waals surface area contributed by atoms with Gasteiger partial charge in [0.05, 0.1) is 11.3 Å². The standard InChI is InChI=1S/C22H18N4O3/c1-15-6-4-8-17(12-15)28-14-20(27)24-19-10-3-2-9-18(19)22-25-21(26-29-22)16-7-5-11-23-13-16/h2-13H,14H2,1H3,(H,24,27). The molecule has 1 amide bonds. The molecule has 0 bridgehead atoms. The number of amides is 1. The minimum Gasteiger partial charge on any atom is -0.484 e. The molecule has 0 unspecified atom stereocenters. The first-order valence-electron chi connectivity index (χ1n) is 9.02. The van der Waals surface area contributed by atoms with Crippen LogP contribution in [0.5, 0.6) is 5.75 Å². The van der Waals surface area contributed by atoms with Gasteiger partial charge in [-0.05, 0) is 48.9 Å². The van der Waals surface area contributed by atoms with Crippen LogP contribution in [0.2, 0.25) is 0 Å². The van der Waals surface area contributed by atoms with E-state index in [1.807, 2.05) is 49.4 Å². The van der Waals surface area contributed by atoms with Gasteiger partial charge in [0.25, 0.3) is 11.8 Å². The normalized spacial score (nSPS) is 10.5. The zero-order valence-corrected chi connectivity index (χ0v) is 15.7. The Morgan fingerprint density at radius 1 is 1.10 bits per heavy atom. The van der Waals surface area contributed by atoms with Crippen molar-refractivity contribution in [3.8, 4) is 28.6 Å². The molecule has 2 aromatic heterocycles. The highest BCUT2D eigenvalue weighted by molar-refractivity contribution is 5.95. The molecule has 144 valence electrons. The van der Waals surface area contributed by atoms with E-state index >= 15 is 0 Å². The second-order valence-corrected chi connectivity index (χ2v) is 6.36. The first-order chi connectivity index (χ1) is 14.2. The molecule has 1 N–H and O–H groups in total. The second kappa shape index (κ2) is 8.35. The van der Waals surface area contributed by atoms with Crippen molar-refractivity contribution in [2.45, 2.75) is 6.92 Å². The summed E-state index contributed by atoms with van der Waals surface area (Å²) >= 11 is 0. The lowest BCUT2D eigenvalue weighted by Gasteiger charge is -2.10. The molecule has 29 heavy (non-hydrogen) atoms. The number of benzene rings is 2. The smallest absolute Gasteiger partial charge is 0.262 e. The average Bonchev–Trinajstić information content (AvgIpc) is 3.23. The van der Waals surface area contributed by atoms with Crippen LogP contribution >= 0.6 is 0 Å². The number of nitrogens with one attached hydrogen (secondary N) is 1. The van der Waals surface area contributed by atoms with Crippen LogP contribution in [0.15, 0.2) is 77.6 Å². The molecule has 7 nitrogen and oxygen atoms in total. The first kappa shape index (κ1) is 18.4. The lowest BCUT2D eigenvalue weighted by Crippen LogP contribution is -2.20. The molecular weight excluding hydrogens is 368 g/mol. The number of hydrogen-bond acceptors (Lipinski definition) is 6. The highest BCUT2D eigenvalue weighted by Gasteiger charge is 2.15. The predicted molar refractivity (Wildman–Crippen MR) is 108 cm³/mol. The number of pyridine rings is 1. The molecule has 0 atom stereocenters. The molecule has 0 saturated carbocycles. The summed E-state index contributed by atoms with van der Waals surface area (Å²) in [5.41, 5.74) is 3.00.